The van der Waals surface area contributed by atoms with E-state index in [4.69, 9.17) is 4.74 Å². The van der Waals surface area contributed by atoms with Gasteiger partial charge in [0.1, 0.15) is 0 Å². The molecule has 1 aromatic rings. The molecule has 2 saturated heterocycles. The van der Waals surface area contributed by atoms with Crippen LogP contribution in [0.1, 0.15) is 5.69 Å². The molecule has 20 heavy (non-hydrogen) atoms. The molecule has 3 rings (SSSR count). The van der Waals surface area contributed by atoms with Crippen LogP contribution in [-0.2, 0) is 10.9 Å². The van der Waals surface area contributed by atoms with Crippen LogP contribution >= 0.6 is 0 Å². The van der Waals surface area contributed by atoms with Gasteiger partial charge in [0, 0.05) is 19.6 Å². The molecule has 3 heterocycles. The van der Waals surface area contributed by atoms with Crippen LogP contribution in [0.5, 0.6) is 0 Å². The molecule has 0 N–H and O–H groups in total. The van der Waals surface area contributed by atoms with Gasteiger partial charge in [0.25, 0.3) is 0 Å². The molecular formula is C12H15F3N4O. The Morgan fingerprint density at radius 2 is 2.05 bits per heavy atom. The number of nitrogens with zero attached hydrogens (tertiary/aromatic N) is 4. The highest BCUT2D eigenvalue weighted by Crippen LogP contribution is 2.29. The fourth-order valence-corrected chi connectivity index (χ4v) is 2.69. The van der Waals surface area contributed by atoms with Crippen molar-refractivity contribution in [1.29, 1.82) is 0 Å². The van der Waals surface area contributed by atoms with Crippen molar-refractivity contribution in [2.24, 2.45) is 0 Å². The second-order valence-electron chi connectivity index (χ2n) is 5.14. The summed E-state index contributed by atoms with van der Waals surface area (Å²) in [5, 5.41) is 6.95. The van der Waals surface area contributed by atoms with Gasteiger partial charge in [-0.25, -0.2) is 0 Å². The maximum atomic E-state index is 12.4. The molecular weight excluding hydrogens is 273 g/mol. The molecule has 110 valence electrons. The van der Waals surface area contributed by atoms with E-state index in [1.807, 2.05) is 11.9 Å². The second-order valence-corrected chi connectivity index (χ2v) is 5.14. The Hall–Kier alpha value is -1.41. The smallest absolute Gasteiger partial charge is 0.373 e. The Kier molecular flexibility index (Phi) is 3.29. The van der Waals surface area contributed by atoms with Crippen molar-refractivity contribution < 1.29 is 17.9 Å². The molecule has 2 atom stereocenters. The van der Waals surface area contributed by atoms with Gasteiger partial charge in [0.05, 0.1) is 18.8 Å². The molecule has 0 aromatic carbocycles. The van der Waals surface area contributed by atoms with E-state index in [-0.39, 0.29) is 12.1 Å². The Labute approximate surface area is 114 Å². The molecule has 2 fully saturated rings. The lowest BCUT2D eigenvalue weighted by Crippen LogP contribution is -2.48. The van der Waals surface area contributed by atoms with Crippen LogP contribution in [0.2, 0.25) is 0 Å². The number of aromatic nitrogens is 2. The quantitative estimate of drug-likeness (QED) is 0.771. The van der Waals surface area contributed by atoms with Crippen molar-refractivity contribution in [2.75, 3.05) is 38.2 Å². The molecule has 2 unspecified atom stereocenters. The number of rotatable bonds is 1. The van der Waals surface area contributed by atoms with Gasteiger partial charge in [-0.3, -0.25) is 4.90 Å². The van der Waals surface area contributed by atoms with Crippen LogP contribution in [0.3, 0.4) is 0 Å². The molecule has 5 nitrogen and oxygen atoms in total. The van der Waals surface area contributed by atoms with Crippen molar-refractivity contribution in [1.82, 2.24) is 15.1 Å². The summed E-state index contributed by atoms with van der Waals surface area (Å²) in [6.45, 7) is 2.88. The van der Waals surface area contributed by atoms with Crippen molar-refractivity contribution in [3.8, 4) is 0 Å². The summed E-state index contributed by atoms with van der Waals surface area (Å²) in [4.78, 5) is 4.13. The molecule has 0 bridgehead atoms. The van der Waals surface area contributed by atoms with Gasteiger partial charge in [0.15, 0.2) is 11.5 Å². The lowest BCUT2D eigenvalue weighted by molar-refractivity contribution is -0.141. The summed E-state index contributed by atoms with van der Waals surface area (Å²) < 4.78 is 43.0. The SMILES string of the molecule is CN1CCOC2CN(c3ccc(C(F)(F)F)nn3)CC21. The maximum Gasteiger partial charge on any atom is 0.435 e. The summed E-state index contributed by atoms with van der Waals surface area (Å²) in [6.07, 6.45) is -4.37. The number of likely N-dealkylation sites (N-methyl/N-ethyl adjacent to an activating group) is 1. The highest BCUT2D eigenvalue weighted by atomic mass is 19.4. The number of morpholine rings is 1. The number of alkyl halides is 3. The summed E-state index contributed by atoms with van der Waals surface area (Å²) in [5.41, 5.74) is -0.966. The molecule has 0 amide bonds. The largest absolute Gasteiger partial charge is 0.435 e. The molecule has 0 saturated carbocycles. The van der Waals surface area contributed by atoms with E-state index in [0.717, 1.165) is 12.6 Å². The van der Waals surface area contributed by atoms with Crippen molar-refractivity contribution in [3.63, 3.8) is 0 Å². The van der Waals surface area contributed by atoms with Crippen LogP contribution in [0, 0.1) is 0 Å². The number of hydrogen-bond acceptors (Lipinski definition) is 5. The van der Waals surface area contributed by atoms with Gasteiger partial charge in [-0.1, -0.05) is 0 Å². The van der Waals surface area contributed by atoms with Gasteiger partial charge in [-0.2, -0.15) is 13.2 Å². The average molecular weight is 288 g/mol. The highest BCUT2D eigenvalue weighted by molar-refractivity contribution is 5.40. The van der Waals surface area contributed by atoms with Gasteiger partial charge in [0.2, 0.25) is 0 Å². The van der Waals surface area contributed by atoms with E-state index in [0.29, 0.717) is 25.5 Å². The van der Waals surface area contributed by atoms with Gasteiger partial charge in [-0.05, 0) is 19.2 Å². The first-order valence-electron chi connectivity index (χ1n) is 6.43. The fraction of sp³-hybridized carbons (Fsp3) is 0.667. The zero-order valence-electron chi connectivity index (χ0n) is 11.0. The first kappa shape index (κ1) is 13.6. The normalized spacial score (nSPS) is 27.7. The van der Waals surface area contributed by atoms with Crippen LogP contribution in [0.25, 0.3) is 0 Å². The minimum Gasteiger partial charge on any atom is -0.373 e. The Balaban J connectivity index is 1.74. The van der Waals surface area contributed by atoms with Crippen LogP contribution in [-0.4, -0.2) is 60.5 Å². The van der Waals surface area contributed by atoms with Crippen LogP contribution < -0.4 is 4.90 Å². The number of halogens is 3. The van der Waals surface area contributed by atoms with Crippen molar-refractivity contribution >= 4 is 5.82 Å². The van der Waals surface area contributed by atoms with Crippen molar-refractivity contribution in [2.45, 2.75) is 18.3 Å². The lowest BCUT2D eigenvalue weighted by Gasteiger charge is -2.33. The summed E-state index contributed by atoms with van der Waals surface area (Å²) in [7, 11) is 2.03. The summed E-state index contributed by atoms with van der Waals surface area (Å²) in [5.74, 6) is 0.462. The van der Waals surface area contributed by atoms with E-state index in [1.54, 1.807) is 0 Å². The Bertz CT molecular complexity index is 479. The van der Waals surface area contributed by atoms with E-state index in [9.17, 15) is 13.2 Å². The third kappa shape index (κ3) is 2.45. The number of hydrogen-bond donors (Lipinski definition) is 0. The van der Waals surface area contributed by atoms with Gasteiger partial charge in [-0.15, -0.1) is 10.2 Å². The number of ether oxygens (including phenoxy) is 1. The van der Waals surface area contributed by atoms with E-state index in [2.05, 4.69) is 15.1 Å². The zero-order valence-corrected chi connectivity index (χ0v) is 11.0. The first-order valence-corrected chi connectivity index (χ1v) is 6.43. The van der Waals surface area contributed by atoms with E-state index in [1.165, 1.54) is 6.07 Å². The molecule has 0 radical (unpaired) electrons. The molecule has 2 aliphatic rings. The van der Waals surface area contributed by atoms with Gasteiger partial charge < -0.3 is 9.64 Å². The second kappa shape index (κ2) is 4.85. The third-order valence-electron chi connectivity index (χ3n) is 3.84. The van der Waals surface area contributed by atoms with Crippen molar-refractivity contribution in [3.05, 3.63) is 17.8 Å². The topological polar surface area (TPSA) is 41.5 Å². The lowest BCUT2D eigenvalue weighted by atomic mass is 10.1. The first-order chi connectivity index (χ1) is 9.45. The molecule has 2 aliphatic heterocycles. The van der Waals surface area contributed by atoms with Crippen LogP contribution in [0.15, 0.2) is 12.1 Å². The van der Waals surface area contributed by atoms with E-state index >= 15 is 0 Å². The van der Waals surface area contributed by atoms with Crippen LogP contribution in [0.4, 0.5) is 19.0 Å². The highest BCUT2D eigenvalue weighted by Gasteiger charge is 2.39. The monoisotopic (exact) mass is 288 g/mol. The third-order valence-corrected chi connectivity index (χ3v) is 3.84. The standard InChI is InChI=1S/C12H15F3N4O/c1-18-4-5-20-9-7-19(6-8(9)18)11-3-2-10(16-17-11)12(13,14)15/h2-3,8-9H,4-7H2,1H3. The number of fused-ring (bicyclic) bond motifs is 1. The Morgan fingerprint density at radius 1 is 1.25 bits per heavy atom. The molecule has 0 aliphatic carbocycles. The predicted octanol–water partition coefficient (Wildman–Crippen LogP) is 1.01. The molecule has 1 aromatic heterocycles. The minimum absolute atomic E-state index is 0.0813. The number of anilines is 1. The Morgan fingerprint density at radius 3 is 2.65 bits per heavy atom. The summed E-state index contributed by atoms with van der Waals surface area (Å²) in [6, 6.07) is 2.59. The zero-order chi connectivity index (χ0) is 14.3. The predicted molar refractivity (Wildman–Crippen MR) is 65.4 cm³/mol. The summed E-state index contributed by atoms with van der Waals surface area (Å²) >= 11 is 0. The average Bonchev–Trinajstić information content (AvgIpc) is 2.83. The maximum absolute atomic E-state index is 12.4. The molecule has 8 heteroatoms. The fourth-order valence-electron chi connectivity index (χ4n) is 2.69. The van der Waals surface area contributed by atoms with Gasteiger partial charge >= 0.3 is 6.18 Å². The van der Waals surface area contributed by atoms with E-state index < -0.39 is 11.9 Å². The minimum atomic E-state index is -4.45. The molecule has 0 spiro atoms.